The Hall–Kier alpha value is -3.41. The van der Waals surface area contributed by atoms with Gasteiger partial charge in [0.1, 0.15) is 5.82 Å². The van der Waals surface area contributed by atoms with Crippen molar-refractivity contribution in [3.8, 4) is 16.9 Å². The minimum atomic E-state index is -0.196. The Morgan fingerprint density at radius 1 is 1.03 bits per heavy atom. The number of nitrogens with zero attached hydrogens (tertiary/aromatic N) is 3. The van der Waals surface area contributed by atoms with Crippen LogP contribution in [0, 0.1) is 12.8 Å². The molecule has 2 aromatic carbocycles. The second-order valence-electron chi connectivity index (χ2n) is 9.52. The second kappa shape index (κ2) is 11.8. The lowest BCUT2D eigenvalue weighted by Gasteiger charge is -2.29. The van der Waals surface area contributed by atoms with E-state index in [0.29, 0.717) is 12.4 Å². The molecule has 0 aliphatic heterocycles. The Morgan fingerprint density at radius 3 is 2.43 bits per heavy atom. The Labute approximate surface area is 208 Å². The third-order valence-electron chi connectivity index (χ3n) is 6.71. The topological polar surface area (TPSA) is 67.2 Å². The second-order valence-corrected chi connectivity index (χ2v) is 9.52. The highest BCUT2D eigenvalue weighted by Gasteiger charge is 2.27. The van der Waals surface area contributed by atoms with Crippen molar-refractivity contribution in [2.45, 2.75) is 58.8 Å². The zero-order valence-electron chi connectivity index (χ0n) is 20.9. The van der Waals surface area contributed by atoms with Gasteiger partial charge in [-0.3, -0.25) is 9.59 Å². The van der Waals surface area contributed by atoms with Crippen LogP contribution < -0.4 is 5.32 Å². The summed E-state index contributed by atoms with van der Waals surface area (Å²) in [6.07, 6.45) is 7.14. The highest BCUT2D eigenvalue weighted by Crippen LogP contribution is 2.27. The van der Waals surface area contributed by atoms with Crippen LogP contribution in [0.15, 0.2) is 60.7 Å². The number of benzene rings is 2. The monoisotopic (exact) mass is 472 g/mol. The first-order valence-electron chi connectivity index (χ1n) is 12.9. The van der Waals surface area contributed by atoms with Crippen LogP contribution in [0.2, 0.25) is 0 Å². The van der Waals surface area contributed by atoms with E-state index in [0.717, 1.165) is 61.0 Å². The molecule has 6 heteroatoms. The molecule has 1 N–H and O–H groups in total. The third kappa shape index (κ3) is 6.38. The molecule has 0 saturated heterocycles. The number of hydrogen-bond acceptors (Lipinski definition) is 3. The van der Waals surface area contributed by atoms with Crippen molar-refractivity contribution in [2.24, 2.45) is 5.92 Å². The van der Waals surface area contributed by atoms with Crippen LogP contribution >= 0.6 is 0 Å². The van der Waals surface area contributed by atoms with Crippen LogP contribution in [-0.4, -0.2) is 39.6 Å². The predicted molar refractivity (Wildman–Crippen MR) is 140 cm³/mol. The smallest absolute Gasteiger partial charge is 0.245 e. The highest BCUT2D eigenvalue weighted by molar-refractivity contribution is 5.95. The van der Waals surface area contributed by atoms with Gasteiger partial charge < -0.3 is 10.2 Å². The fourth-order valence-electron chi connectivity index (χ4n) is 4.68. The number of aryl methyl sites for hydroxylation is 1. The summed E-state index contributed by atoms with van der Waals surface area (Å²) in [5.41, 5.74) is 3.78. The van der Waals surface area contributed by atoms with Crippen LogP contribution in [0.25, 0.3) is 16.9 Å². The van der Waals surface area contributed by atoms with E-state index >= 15 is 0 Å². The molecule has 4 rings (SSSR count). The Morgan fingerprint density at radius 2 is 1.74 bits per heavy atom. The van der Waals surface area contributed by atoms with Crippen LogP contribution in [0.4, 0.5) is 5.82 Å². The summed E-state index contributed by atoms with van der Waals surface area (Å²) in [7, 11) is 0. The Balaban J connectivity index is 1.56. The van der Waals surface area contributed by atoms with Crippen molar-refractivity contribution < 1.29 is 9.59 Å². The number of carbonyl (C=O) groups excluding carboxylic acids is 2. The molecule has 1 heterocycles. The number of rotatable bonds is 9. The Kier molecular flexibility index (Phi) is 8.35. The molecule has 3 aromatic rings. The van der Waals surface area contributed by atoms with Gasteiger partial charge in [-0.25, -0.2) is 4.68 Å². The van der Waals surface area contributed by atoms with E-state index in [-0.39, 0.29) is 24.3 Å². The van der Waals surface area contributed by atoms with E-state index in [1.807, 2.05) is 67.6 Å². The van der Waals surface area contributed by atoms with Crippen LogP contribution in [0.1, 0.15) is 57.4 Å². The minimum absolute atomic E-state index is 0.0520. The fourth-order valence-corrected chi connectivity index (χ4v) is 4.68. The number of hydrogen-bond donors (Lipinski definition) is 1. The fraction of sp³-hybridized carbons (Fsp3) is 0.414. The summed E-state index contributed by atoms with van der Waals surface area (Å²) in [4.78, 5) is 28.2. The molecule has 35 heavy (non-hydrogen) atoms. The van der Waals surface area contributed by atoms with Crippen molar-refractivity contribution in [1.82, 2.24) is 14.7 Å². The van der Waals surface area contributed by atoms with Crippen molar-refractivity contribution >= 4 is 17.6 Å². The lowest BCUT2D eigenvalue weighted by Crippen LogP contribution is -2.42. The number of aromatic nitrogens is 2. The van der Waals surface area contributed by atoms with Crippen LogP contribution in [0.5, 0.6) is 0 Å². The molecule has 6 nitrogen and oxygen atoms in total. The van der Waals surface area contributed by atoms with E-state index in [1.54, 1.807) is 9.58 Å². The van der Waals surface area contributed by atoms with Crippen LogP contribution in [-0.2, 0) is 9.59 Å². The van der Waals surface area contributed by atoms with Gasteiger partial charge in [-0.15, -0.1) is 0 Å². The van der Waals surface area contributed by atoms with Gasteiger partial charge in [0.15, 0.2) is 0 Å². The van der Waals surface area contributed by atoms with Gasteiger partial charge in [0.25, 0.3) is 0 Å². The largest absolute Gasteiger partial charge is 0.333 e. The van der Waals surface area contributed by atoms with E-state index in [1.165, 1.54) is 6.42 Å². The molecule has 0 bridgehead atoms. The van der Waals surface area contributed by atoms with E-state index < -0.39 is 0 Å². The van der Waals surface area contributed by atoms with Crippen molar-refractivity contribution in [1.29, 1.82) is 0 Å². The molecular formula is C29H36N4O2. The highest BCUT2D eigenvalue weighted by atomic mass is 16.2. The lowest BCUT2D eigenvalue weighted by atomic mass is 9.88. The van der Waals surface area contributed by atoms with Gasteiger partial charge in [-0.1, -0.05) is 80.6 Å². The molecule has 1 fully saturated rings. The maximum atomic E-state index is 13.2. The first kappa shape index (κ1) is 24.7. The van der Waals surface area contributed by atoms with Crippen molar-refractivity contribution in [3.63, 3.8) is 0 Å². The molecule has 1 aliphatic rings. The summed E-state index contributed by atoms with van der Waals surface area (Å²) in [6, 6.07) is 19.9. The lowest BCUT2D eigenvalue weighted by molar-refractivity contribution is -0.139. The molecule has 0 radical (unpaired) electrons. The van der Waals surface area contributed by atoms with E-state index in [2.05, 4.69) is 12.2 Å². The van der Waals surface area contributed by atoms with Crippen LogP contribution in [0.3, 0.4) is 0 Å². The molecule has 1 aromatic heterocycles. The summed E-state index contributed by atoms with van der Waals surface area (Å²) in [5.74, 6) is 0.581. The van der Waals surface area contributed by atoms with Gasteiger partial charge in [0.2, 0.25) is 11.8 Å². The Bertz CT molecular complexity index is 1120. The first-order valence-corrected chi connectivity index (χ1v) is 12.9. The maximum Gasteiger partial charge on any atom is 0.245 e. The van der Waals surface area contributed by atoms with Crippen molar-refractivity contribution in [3.05, 3.63) is 66.2 Å². The maximum absolute atomic E-state index is 13.2. The van der Waals surface area contributed by atoms with Gasteiger partial charge in [0.05, 0.1) is 17.9 Å². The molecule has 2 amide bonds. The van der Waals surface area contributed by atoms with E-state index in [9.17, 15) is 9.59 Å². The SMILES string of the molecule is CCCCN(CC(=O)Nc1cc(-c2ccccc2)nn1-c1ccc(C)cc1)C(=O)C1CCCCC1. The first-order chi connectivity index (χ1) is 17.0. The third-order valence-corrected chi connectivity index (χ3v) is 6.71. The molecule has 1 saturated carbocycles. The number of unbranched alkanes of at least 4 members (excludes halogenated alkanes) is 1. The molecule has 0 spiro atoms. The quantitative estimate of drug-likeness (QED) is 0.416. The molecular weight excluding hydrogens is 436 g/mol. The van der Waals surface area contributed by atoms with E-state index in [4.69, 9.17) is 5.10 Å². The molecule has 1 aliphatic carbocycles. The van der Waals surface area contributed by atoms with Gasteiger partial charge in [-0.2, -0.15) is 5.10 Å². The number of carbonyl (C=O) groups is 2. The zero-order chi connectivity index (χ0) is 24.6. The average molecular weight is 473 g/mol. The van der Waals surface area contributed by atoms with Gasteiger partial charge in [0, 0.05) is 24.1 Å². The molecule has 184 valence electrons. The average Bonchev–Trinajstić information content (AvgIpc) is 3.31. The standard InChI is InChI=1S/C29H36N4O2/c1-3-4-19-32(29(35)24-13-9-6-10-14-24)21-28(34)30-27-20-26(23-11-7-5-8-12-23)31-33(27)25-17-15-22(2)16-18-25/h5,7-8,11-12,15-18,20,24H,3-4,6,9-10,13-14,19,21H2,1-2H3,(H,30,34). The summed E-state index contributed by atoms with van der Waals surface area (Å²) >= 11 is 0. The number of nitrogens with one attached hydrogen (secondary N) is 1. The summed E-state index contributed by atoms with van der Waals surface area (Å²) < 4.78 is 1.76. The number of anilines is 1. The summed E-state index contributed by atoms with van der Waals surface area (Å²) in [6.45, 7) is 4.83. The minimum Gasteiger partial charge on any atom is -0.333 e. The van der Waals surface area contributed by atoms with Gasteiger partial charge in [-0.05, 0) is 38.3 Å². The van der Waals surface area contributed by atoms with Gasteiger partial charge >= 0.3 is 0 Å². The zero-order valence-corrected chi connectivity index (χ0v) is 20.9. The number of amides is 2. The van der Waals surface area contributed by atoms with Crippen molar-refractivity contribution in [2.75, 3.05) is 18.4 Å². The summed E-state index contributed by atoms with van der Waals surface area (Å²) in [5, 5.41) is 7.84. The molecule has 0 unspecified atom stereocenters. The predicted octanol–water partition coefficient (Wildman–Crippen LogP) is 6.00. The normalized spacial score (nSPS) is 14.0. The molecule has 0 atom stereocenters.